The Kier molecular flexibility index (Phi) is 3.22. The van der Waals surface area contributed by atoms with Gasteiger partial charge in [-0.1, -0.05) is 23.8 Å². The Morgan fingerprint density at radius 2 is 1.48 bits per heavy atom. The first-order chi connectivity index (χ1) is 10.8. The van der Waals surface area contributed by atoms with Gasteiger partial charge in [0.15, 0.2) is 17.3 Å². The number of carbonyl (C=O) groups excluding carboxylic acids is 3. The van der Waals surface area contributed by atoms with Crippen LogP contribution in [0.5, 0.6) is 5.75 Å². The van der Waals surface area contributed by atoms with Crippen molar-refractivity contribution in [1.29, 1.82) is 0 Å². The molecule has 3 rings (SSSR count). The summed E-state index contributed by atoms with van der Waals surface area (Å²) in [6.45, 7) is 6.36. The van der Waals surface area contributed by atoms with E-state index in [2.05, 4.69) is 0 Å². The molecule has 0 radical (unpaired) electrons. The maximum atomic E-state index is 12.7. The van der Waals surface area contributed by atoms with Gasteiger partial charge in [0.25, 0.3) is 0 Å². The lowest BCUT2D eigenvalue weighted by molar-refractivity contribution is 0.0963. The number of aromatic hydroxyl groups is 1. The van der Waals surface area contributed by atoms with Gasteiger partial charge in [-0.05, 0) is 33.1 Å². The summed E-state index contributed by atoms with van der Waals surface area (Å²) in [5.74, 6) is -1.31. The van der Waals surface area contributed by atoms with Crippen molar-refractivity contribution in [2.24, 2.45) is 0 Å². The van der Waals surface area contributed by atoms with Gasteiger partial charge in [0.1, 0.15) is 5.75 Å². The second-order valence-electron chi connectivity index (χ2n) is 5.99. The molecule has 4 nitrogen and oxygen atoms in total. The first-order valence-corrected chi connectivity index (χ1v) is 7.32. The SMILES string of the molecule is CC(=O)c1c2c(c(O)c3ccc(C)cc13)C(=O)C(C)=C(C)C2=O. The van der Waals surface area contributed by atoms with Gasteiger partial charge in [-0.25, -0.2) is 0 Å². The average molecular weight is 308 g/mol. The van der Waals surface area contributed by atoms with E-state index >= 15 is 0 Å². The lowest BCUT2D eigenvalue weighted by atomic mass is 9.79. The molecule has 0 spiro atoms. The highest BCUT2D eigenvalue weighted by Gasteiger charge is 2.35. The van der Waals surface area contributed by atoms with Crippen LogP contribution in [0.4, 0.5) is 0 Å². The standard InChI is InChI=1S/C19H16O4/c1-8-5-6-12-13(7-8)14(11(4)20)15-16(19(12)23)18(22)10(3)9(2)17(15)21/h5-7,23H,1-4H3. The van der Waals surface area contributed by atoms with E-state index in [1.54, 1.807) is 32.0 Å². The molecule has 23 heavy (non-hydrogen) atoms. The lowest BCUT2D eigenvalue weighted by Gasteiger charge is -2.22. The Balaban J connectivity index is 2.61. The molecule has 4 heteroatoms. The second-order valence-corrected chi connectivity index (χ2v) is 5.99. The van der Waals surface area contributed by atoms with Crippen molar-refractivity contribution in [2.45, 2.75) is 27.7 Å². The van der Waals surface area contributed by atoms with E-state index in [-0.39, 0.29) is 34.0 Å². The molecule has 2 aromatic rings. The monoisotopic (exact) mass is 308 g/mol. The Morgan fingerprint density at radius 1 is 0.913 bits per heavy atom. The van der Waals surface area contributed by atoms with E-state index < -0.39 is 5.78 Å². The smallest absolute Gasteiger partial charge is 0.193 e. The van der Waals surface area contributed by atoms with Gasteiger partial charge in [0.05, 0.1) is 5.56 Å². The zero-order chi connectivity index (χ0) is 17.0. The number of ketones is 3. The van der Waals surface area contributed by atoms with Crippen LogP contribution in [0, 0.1) is 6.92 Å². The van der Waals surface area contributed by atoms with Crippen LogP contribution >= 0.6 is 0 Å². The molecule has 2 aromatic carbocycles. The van der Waals surface area contributed by atoms with Crippen molar-refractivity contribution in [1.82, 2.24) is 0 Å². The van der Waals surface area contributed by atoms with Gasteiger partial charge in [0, 0.05) is 27.7 Å². The molecule has 0 aromatic heterocycles. The molecule has 0 amide bonds. The summed E-state index contributed by atoms with van der Waals surface area (Å²) in [5.41, 5.74) is 1.70. The minimum Gasteiger partial charge on any atom is -0.507 e. The highest BCUT2D eigenvalue weighted by atomic mass is 16.3. The highest BCUT2D eigenvalue weighted by Crippen LogP contribution is 2.41. The molecule has 1 N–H and O–H groups in total. The number of phenolic OH excluding ortho intramolecular Hbond substituents is 1. The maximum Gasteiger partial charge on any atom is 0.193 e. The summed E-state index contributed by atoms with van der Waals surface area (Å²) in [6, 6.07) is 5.22. The van der Waals surface area contributed by atoms with Crippen molar-refractivity contribution in [3.63, 3.8) is 0 Å². The third-order valence-electron chi connectivity index (χ3n) is 4.49. The predicted molar refractivity (Wildman–Crippen MR) is 87.4 cm³/mol. The fourth-order valence-corrected chi connectivity index (χ4v) is 3.11. The van der Waals surface area contributed by atoms with Gasteiger partial charge in [-0.2, -0.15) is 0 Å². The third kappa shape index (κ3) is 1.95. The molecule has 0 fully saturated rings. The molecule has 1 aliphatic rings. The van der Waals surface area contributed by atoms with E-state index in [0.717, 1.165) is 5.56 Å². The molecular weight excluding hydrogens is 292 g/mol. The summed E-state index contributed by atoms with van der Waals surface area (Å²) in [5, 5.41) is 11.5. The highest BCUT2D eigenvalue weighted by molar-refractivity contribution is 6.33. The van der Waals surface area contributed by atoms with Crippen LogP contribution in [0.2, 0.25) is 0 Å². The number of carbonyl (C=O) groups is 3. The topological polar surface area (TPSA) is 71.4 Å². The van der Waals surface area contributed by atoms with Crippen LogP contribution < -0.4 is 0 Å². The molecule has 0 heterocycles. The van der Waals surface area contributed by atoms with E-state index in [1.807, 2.05) is 6.92 Å². The average Bonchev–Trinajstić information content (AvgIpc) is 2.49. The summed E-state index contributed by atoms with van der Waals surface area (Å²) >= 11 is 0. The molecule has 116 valence electrons. The zero-order valence-corrected chi connectivity index (χ0v) is 13.4. The third-order valence-corrected chi connectivity index (χ3v) is 4.49. The maximum absolute atomic E-state index is 12.7. The summed E-state index contributed by atoms with van der Waals surface area (Å²) < 4.78 is 0. The fourth-order valence-electron chi connectivity index (χ4n) is 3.11. The number of phenols is 1. The van der Waals surface area contributed by atoms with Gasteiger partial charge >= 0.3 is 0 Å². The first-order valence-electron chi connectivity index (χ1n) is 7.32. The van der Waals surface area contributed by atoms with Gasteiger partial charge in [-0.15, -0.1) is 0 Å². The molecule has 0 unspecified atom stereocenters. The Hall–Kier alpha value is -2.75. The van der Waals surface area contributed by atoms with E-state index in [1.165, 1.54) is 6.92 Å². The number of Topliss-reactive ketones (excluding diaryl/α,β-unsaturated/α-hetero) is 3. The molecule has 0 saturated carbocycles. The molecular formula is C19H16O4. The van der Waals surface area contributed by atoms with Crippen molar-refractivity contribution >= 4 is 28.1 Å². The van der Waals surface area contributed by atoms with Crippen molar-refractivity contribution in [3.8, 4) is 5.75 Å². The van der Waals surface area contributed by atoms with Crippen LogP contribution in [-0.4, -0.2) is 22.5 Å². The fraction of sp³-hybridized carbons (Fsp3) is 0.211. The number of aryl methyl sites for hydroxylation is 1. The number of fused-ring (bicyclic) bond motifs is 2. The number of rotatable bonds is 1. The molecule has 0 bridgehead atoms. The molecule has 0 atom stereocenters. The Bertz CT molecular complexity index is 961. The molecule has 0 saturated heterocycles. The van der Waals surface area contributed by atoms with Crippen LogP contribution in [0.3, 0.4) is 0 Å². The largest absolute Gasteiger partial charge is 0.507 e. The van der Waals surface area contributed by atoms with E-state index in [9.17, 15) is 19.5 Å². The van der Waals surface area contributed by atoms with Gasteiger partial charge in [-0.3, -0.25) is 14.4 Å². The summed E-state index contributed by atoms with van der Waals surface area (Å²) in [7, 11) is 0. The molecule has 1 aliphatic carbocycles. The van der Waals surface area contributed by atoms with E-state index in [4.69, 9.17) is 0 Å². The van der Waals surface area contributed by atoms with Gasteiger partial charge < -0.3 is 5.11 Å². The van der Waals surface area contributed by atoms with Crippen LogP contribution in [-0.2, 0) is 0 Å². The lowest BCUT2D eigenvalue weighted by Crippen LogP contribution is -2.23. The quantitative estimate of drug-likeness (QED) is 0.814. The minimum absolute atomic E-state index is 0.0289. The van der Waals surface area contributed by atoms with Crippen molar-refractivity contribution in [2.75, 3.05) is 0 Å². The summed E-state index contributed by atoms with van der Waals surface area (Å²) in [6.07, 6.45) is 0. The van der Waals surface area contributed by atoms with Gasteiger partial charge in [0.2, 0.25) is 0 Å². The molecule has 0 aliphatic heterocycles. The zero-order valence-electron chi connectivity index (χ0n) is 13.4. The van der Waals surface area contributed by atoms with Crippen LogP contribution in [0.15, 0.2) is 29.3 Å². The normalized spacial score (nSPS) is 14.4. The number of hydrogen-bond acceptors (Lipinski definition) is 4. The number of allylic oxidation sites excluding steroid dienone is 2. The Morgan fingerprint density at radius 3 is 2.04 bits per heavy atom. The Labute approximate surface area is 133 Å². The minimum atomic E-state index is -0.403. The summed E-state index contributed by atoms with van der Waals surface area (Å²) in [4.78, 5) is 37.5. The number of hydrogen-bond donors (Lipinski definition) is 1. The van der Waals surface area contributed by atoms with Crippen LogP contribution in [0.1, 0.15) is 57.4 Å². The number of benzene rings is 2. The van der Waals surface area contributed by atoms with E-state index in [0.29, 0.717) is 21.9 Å². The van der Waals surface area contributed by atoms with Crippen molar-refractivity contribution < 1.29 is 19.5 Å². The first kappa shape index (κ1) is 15.2. The van der Waals surface area contributed by atoms with Crippen molar-refractivity contribution in [3.05, 3.63) is 51.6 Å². The second kappa shape index (κ2) is 4.88. The van der Waals surface area contributed by atoms with Crippen LogP contribution in [0.25, 0.3) is 10.8 Å². The predicted octanol–water partition coefficient (Wildman–Crippen LogP) is 3.77.